The zero-order valence-electron chi connectivity index (χ0n) is 11.0. The Labute approximate surface area is 111 Å². The van der Waals surface area contributed by atoms with E-state index in [1.807, 2.05) is 11.8 Å². The van der Waals surface area contributed by atoms with Crippen molar-refractivity contribution in [3.8, 4) is 0 Å². The van der Waals surface area contributed by atoms with E-state index in [4.69, 9.17) is 5.73 Å². The molecule has 2 rings (SSSR count). The van der Waals surface area contributed by atoms with Crippen molar-refractivity contribution < 1.29 is 14.3 Å². The van der Waals surface area contributed by atoms with Crippen LogP contribution in [0.1, 0.15) is 23.7 Å². The largest absolute Gasteiger partial charge is 0.465 e. The van der Waals surface area contributed by atoms with Gasteiger partial charge in [-0.1, -0.05) is 0 Å². The van der Waals surface area contributed by atoms with Gasteiger partial charge in [0.25, 0.3) is 0 Å². The van der Waals surface area contributed by atoms with Gasteiger partial charge in [0.15, 0.2) is 0 Å². The molecule has 1 aliphatic rings. The molecule has 2 N–H and O–H groups in total. The minimum Gasteiger partial charge on any atom is -0.465 e. The number of primary amides is 1. The van der Waals surface area contributed by atoms with Gasteiger partial charge in [0.05, 0.1) is 18.1 Å². The number of nitrogens with two attached hydrogens (primary N) is 1. The summed E-state index contributed by atoms with van der Waals surface area (Å²) >= 11 is 0. The number of carbonyl (C=O) groups is 2. The maximum absolute atomic E-state index is 11.4. The Kier molecular flexibility index (Phi) is 3.42. The number of aromatic nitrogens is 1. The van der Waals surface area contributed by atoms with E-state index in [0.717, 1.165) is 12.4 Å². The van der Waals surface area contributed by atoms with Crippen molar-refractivity contribution in [1.29, 1.82) is 0 Å². The van der Waals surface area contributed by atoms with E-state index in [0.29, 0.717) is 18.5 Å². The van der Waals surface area contributed by atoms with Gasteiger partial charge in [-0.3, -0.25) is 4.79 Å². The monoisotopic (exact) mass is 263 g/mol. The molecule has 2 heterocycles. The van der Waals surface area contributed by atoms with E-state index in [9.17, 15) is 9.59 Å². The minimum absolute atomic E-state index is 0.291. The zero-order valence-corrected chi connectivity index (χ0v) is 11.0. The van der Waals surface area contributed by atoms with Gasteiger partial charge in [-0.25, -0.2) is 9.78 Å². The molecule has 0 saturated carbocycles. The molecule has 0 radical (unpaired) electrons. The lowest BCUT2D eigenvalue weighted by atomic mass is 9.89. The van der Waals surface area contributed by atoms with E-state index < -0.39 is 11.4 Å². The van der Waals surface area contributed by atoms with Crippen LogP contribution in [-0.4, -0.2) is 37.1 Å². The third kappa shape index (κ3) is 2.52. The summed E-state index contributed by atoms with van der Waals surface area (Å²) in [4.78, 5) is 28.9. The number of ether oxygens (including phenoxy) is 1. The summed E-state index contributed by atoms with van der Waals surface area (Å²) in [5.41, 5.74) is 5.30. The Bertz CT molecular complexity index is 500. The smallest absolute Gasteiger partial charge is 0.339 e. The Morgan fingerprint density at radius 1 is 1.47 bits per heavy atom. The van der Waals surface area contributed by atoms with Crippen molar-refractivity contribution in [2.45, 2.75) is 13.3 Å². The molecule has 0 aromatic carbocycles. The normalized spacial score (nSPS) is 22.3. The molecule has 1 saturated heterocycles. The summed E-state index contributed by atoms with van der Waals surface area (Å²) in [5, 5.41) is 0. The molecule has 1 fully saturated rings. The third-order valence-electron chi connectivity index (χ3n) is 3.56. The summed E-state index contributed by atoms with van der Waals surface area (Å²) < 4.78 is 4.61. The third-order valence-corrected chi connectivity index (χ3v) is 3.56. The summed E-state index contributed by atoms with van der Waals surface area (Å²) in [5.74, 6) is 0.0289. The molecule has 1 unspecified atom stereocenters. The lowest BCUT2D eigenvalue weighted by Crippen LogP contribution is -2.37. The molecule has 0 aliphatic carbocycles. The van der Waals surface area contributed by atoms with E-state index >= 15 is 0 Å². The molecule has 1 aromatic heterocycles. The highest BCUT2D eigenvalue weighted by molar-refractivity contribution is 5.89. The molecule has 1 amide bonds. The van der Waals surface area contributed by atoms with Crippen LogP contribution < -0.4 is 10.6 Å². The summed E-state index contributed by atoms with van der Waals surface area (Å²) in [6, 6.07) is 3.41. The average molecular weight is 263 g/mol. The number of esters is 1. The van der Waals surface area contributed by atoms with Gasteiger partial charge in [-0.05, 0) is 25.5 Å². The van der Waals surface area contributed by atoms with Crippen LogP contribution in [0.5, 0.6) is 0 Å². The molecule has 1 atom stereocenters. The van der Waals surface area contributed by atoms with Gasteiger partial charge in [0.1, 0.15) is 5.82 Å². The maximum Gasteiger partial charge on any atom is 0.339 e. The average Bonchev–Trinajstić information content (AvgIpc) is 2.82. The molecular formula is C13H17N3O3. The van der Waals surface area contributed by atoms with Crippen LogP contribution >= 0.6 is 0 Å². The topological polar surface area (TPSA) is 85.5 Å². The van der Waals surface area contributed by atoms with Crippen molar-refractivity contribution in [1.82, 2.24) is 4.98 Å². The molecule has 6 nitrogen and oxygen atoms in total. The van der Waals surface area contributed by atoms with Crippen molar-refractivity contribution in [2.75, 3.05) is 25.1 Å². The summed E-state index contributed by atoms with van der Waals surface area (Å²) in [6.45, 7) is 3.13. The van der Waals surface area contributed by atoms with Gasteiger partial charge < -0.3 is 15.4 Å². The van der Waals surface area contributed by atoms with Crippen LogP contribution in [0.3, 0.4) is 0 Å². The van der Waals surface area contributed by atoms with E-state index in [1.54, 1.807) is 12.1 Å². The molecule has 0 spiro atoms. The first kappa shape index (κ1) is 13.3. The Morgan fingerprint density at radius 2 is 2.21 bits per heavy atom. The molecule has 0 bridgehead atoms. The first-order valence-electron chi connectivity index (χ1n) is 6.05. The number of carbonyl (C=O) groups excluding carboxylic acids is 2. The maximum atomic E-state index is 11.4. The highest BCUT2D eigenvalue weighted by Crippen LogP contribution is 2.31. The molecule has 102 valence electrons. The van der Waals surface area contributed by atoms with Gasteiger partial charge in [0, 0.05) is 19.3 Å². The van der Waals surface area contributed by atoms with Gasteiger partial charge >= 0.3 is 5.97 Å². The quantitative estimate of drug-likeness (QED) is 0.806. The van der Waals surface area contributed by atoms with Crippen LogP contribution in [0.2, 0.25) is 0 Å². The van der Waals surface area contributed by atoms with Gasteiger partial charge in [-0.15, -0.1) is 0 Å². The molecule has 1 aromatic rings. The summed E-state index contributed by atoms with van der Waals surface area (Å²) in [7, 11) is 1.33. The molecule has 1 aliphatic heterocycles. The lowest BCUT2D eigenvalue weighted by molar-refractivity contribution is -0.125. The number of anilines is 1. The second-order valence-corrected chi connectivity index (χ2v) is 4.99. The highest BCUT2D eigenvalue weighted by atomic mass is 16.5. The fourth-order valence-electron chi connectivity index (χ4n) is 2.17. The van der Waals surface area contributed by atoms with E-state index in [1.165, 1.54) is 13.3 Å². The molecule has 6 heteroatoms. The van der Waals surface area contributed by atoms with Crippen LogP contribution in [0.15, 0.2) is 18.3 Å². The Balaban J connectivity index is 2.12. The summed E-state index contributed by atoms with van der Waals surface area (Å²) in [6.07, 6.45) is 2.18. The number of pyridine rings is 1. The predicted octanol–water partition coefficient (Wildman–Crippen LogP) is 0.570. The number of hydrogen-bond acceptors (Lipinski definition) is 5. The van der Waals surface area contributed by atoms with Crippen LogP contribution in [0.25, 0.3) is 0 Å². The van der Waals surface area contributed by atoms with Gasteiger partial charge in [-0.2, -0.15) is 0 Å². The van der Waals surface area contributed by atoms with Gasteiger partial charge in [0.2, 0.25) is 5.91 Å². The number of rotatable bonds is 3. The Morgan fingerprint density at radius 3 is 2.68 bits per heavy atom. The van der Waals surface area contributed by atoms with Crippen molar-refractivity contribution in [3.63, 3.8) is 0 Å². The second kappa shape index (κ2) is 4.87. The number of hydrogen-bond donors (Lipinski definition) is 1. The van der Waals surface area contributed by atoms with E-state index in [2.05, 4.69) is 9.72 Å². The van der Waals surface area contributed by atoms with Crippen molar-refractivity contribution >= 4 is 17.7 Å². The lowest BCUT2D eigenvalue weighted by Gasteiger charge is -2.21. The predicted molar refractivity (Wildman–Crippen MR) is 69.7 cm³/mol. The SMILES string of the molecule is COC(=O)c1ccc(N2CCC(C)(C(N)=O)C2)nc1. The molecular weight excluding hydrogens is 246 g/mol. The fraction of sp³-hybridized carbons (Fsp3) is 0.462. The molecule has 19 heavy (non-hydrogen) atoms. The first-order chi connectivity index (χ1) is 8.96. The Hall–Kier alpha value is -2.11. The number of nitrogens with zero attached hydrogens (tertiary/aromatic N) is 2. The number of amides is 1. The first-order valence-corrected chi connectivity index (χ1v) is 6.05. The van der Waals surface area contributed by atoms with Crippen LogP contribution in [0.4, 0.5) is 5.82 Å². The van der Waals surface area contributed by atoms with E-state index in [-0.39, 0.29) is 5.91 Å². The van der Waals surface area contributed by atoms with Crippen LogP contribution in [0, 0.1) is 5.41 Å². The fourth-order valence-corrected chi connectivity index (χ4v) is 2.17. The standard InChI is InChI=1S/C13H17N3O3/c1-13(12(14)18)5-6-16(8-13)10-4-3-9(7-15-10)11(17)19-2/h3-4,7H,5-6,8H2,1-2H3,(H2,14,18). The van der Waals surface area contributed by atoms with Crippen molar-refractivity contribution in [2.24, 2.45) is 11.1 Å². The second-order valence-electron chi connectivity index (χ2n) is 4.99. The number of methoxy groups -OCH3 is 1. The zero-order chi connectivity index (χ0) is 14.0. The minimum atomic E-state index is -0.511. The highest BCUT2D eigenvalue weighted by Gasteiger charge is 2.39. The van der Waals surface area contributed by atoms with Crippen molar-refractivity contribution in [3.05, 3.63) is 23.9 Å². The van der Waals surface area contributed by atoms with Crippen LogP contribution in [-0.2, 0) is 9.53 Å².